The van der Waals surface area contributed by atoms with Gasteiger partial charge in [0.05, 0.1) is 20.6 Å². The van der Waals surface area contributed by atoms with Crippen molar-refractivity contribution < 1.29 is 38.4 Å². The number of aryl methyl sites for hydroxylation is 1. The number of allylic oxidation sites excluding steroid dienone is 2. The molecule has 11 heteroatoms. The molecular formula is C21H19IN4O4S2. The summed E-state index contributed by atoms with van der Waals surface area (Å²) in [4.78, 5) is 24.4. The van der Waals surface area contributed by atoms with Crippen LogP contribution in [0.5, 0.6) is 0 Å². The summed E-state index contributed by atoms with van der Waals surface area (Å²) in [5, 5.41) is 24.1. The van der Waals surface area contributed by atoms with Gasteiger partial charge in [-0.25, -0.2) is 0 Å². The average molecular weight is 582 g/mol. The van der Waals surface area contributed by atoms with Crippen molar-refractivity contribution >= 4 is 56.5 Å². The van der Waals surface area contributed by atoms with Crippen molar-refractivity contribution in [3.63, 3.8) is 0 Å². The molecule has 1 aliphatic heterocycles. The van der Waals surface area contributed by atoms with Crippen LogP contribution in [0.1, 0.15) is 18.9 Å². The molecule has 4 rings (SSSR count). The van der Waals surface area contributed by atoms with Gasteiger partial charge in [0, 0.05) is 47.8 Å². The van der Waals surface area contributed by atoms with Gasteiger partial charge in [-0.15, -0.1) is 0 Å². The van der Waals surface area contributed by atoms with Crippen molar-refractivity contribution in [3.05, 3.63) is 78.8 Å². The number of nitrogens with zero attached hydrogens (tertiary/aromatic N) is 4. The number of thiazole rings is 1. The largest absolute Gasteiger partial charge is 1.00 e. The molecule has 3 aromatic rings. The molecular weight excluding hydrogens is 563 g/mol. The van der Waals surface area contributed by atoms with Gasteiger partial charge in [-0.05, 0) is 26.0 Å². The molecule has 0 saturated heterocycles. The Morgan fingerprint density at radius 2 is 1.75 bits per heavy atom. The van der Waals surface area contributed by atoms with Crippen LogP contribution in [0.3, 0.4) is 0 Å². The summed E-state index contributed by atoms with van der Waals surface area (Å²) in [7, 11) is 0. The highest BCUT2D eigenvalue weighted by molar-refractivity contribution is 8.03. The lowest BCUT2D eigenvalue weighted by Gasteiger charge is -2.17. The smallest absolute Gasteiger partial charge is 0.271 e. The zero-order valence-corrected chi connectivity index (χ0v) is 21.0. The second kappa shape index (κ2) is 9.96. The molecule has 8 nitrogen and oxygen atoms in total. The molecule has 0 atom stereocenters. The number of benzene rings is 2. The predicted octanol–water partition coefficient (Wildman–Crippen LogP) is 2.52. The van der Waals surface area contributed by atoms with Gasteiger partial charge in [0.2, 0.25) is 5.52 Å². The number of non-ortho nitro benzene ring substituents is 2. The maximum Gasteiger partial charge on any atom is 0.271 e. The molecule has 0 saturated carbocycles. The van der Waals surface area contributed by atoms with Gasteiger partial charge < -0.3 is 28.9 Å². The molecule has 0 bridgehead atoms. The molecule has 0 unspecified atom stereocenters. The topological polar surface area (TPSA) is 93.4 Å². The van der Waals surface area contributed by atoms with E-state index < -0.39 is 0 Å². The molecule has 0 radical (unpaired) electrons. The molecule has 0 spiro atoms. The number of nitro groups is 2. The molecule has 0 N–H and O–H groups in total. The van der Waals surface area contributed by atoms with Crippen LogP contribution in [0, 0.1) is 20.2 Å². The Balaban J connectivity index is 0.00000289. The van der Waals surface area contributed by atoms with Gasteiger partial charge in [-0.2, -0.15) is 4.57 Å². The van der Waals surface area contributed by atoms with E-state index in [1.807, 2.05) is 32.1 Å². The highest BCUT2D eigenvalue weighted by atomic mass is 127. The fraction of sp³-hybridized carbons (Fsp3) is 0.190. The van der Waals surface area contributed by atoms with Crippen LogP contribution in [0.2, 0.25) is 0 Å². The Labute approximate surface area is 209 Å². The summed E-state index contributed by atoms with van der Waals surface area (Å²) >= 11 is 3.02. The lowest BCUT2D eigenvalue weighted by molar-refractivity contribution is -0.665. The van der Waals surface area contributed by atoms with E-state index in [2.05, 4.69) is 9.47 Å². The zero-order chi connectivity index (χ0) is 22.1. The number of thioether (sulfide) groups is 1. The van der Waals surface area contributed by atoms with Crippen LogP contribution in [-0.2, 0) is 6.54 Å². The van der Waals surface area contributed by atoms with E-state index in [-0.39, 0.29) is 45.2 Å². The Kier molecular flexibility index (Phi) is 7.51. The van der Waals surface area contributed by atoms with Gasteiger partial charge in [-0.3, -0.25) is 20.2 Å². The molecule has 32 heavy (non-hydrogen) atoms. The molecule has 0 aliphatic carbocycles. The lowest BCUT2D eigenvalue weighted by atomic mass is 10.2. The molecule has 2 aromatic carbocycles. The number of hydrogen-bond acceptors (Lipinski definition) is 7. The Morgan fingerprint density at radius 3 is 2.41 bits per heavy atom. The van der Waals surface area contributed by atoms with E-state index in [9.17, 15) is 20.2 Å². The number of fused-ring (bicyclic) bond motifs is 2. The highest BCUT2D eigenvalue weighted by Gasteiger charge is 2.26. The molecule has 1 aromatic heterocycles. The number of anilines is 1. The van der Waals surface area contributed by atoms with E-state index in [1.54, 1.807) is 24.3 Å². The summed E-state index contributed by atoms with van der Waals surface area (Å²) in [6, 6.07) is 9.86. The maximum absolute atomic E-state index is 11.1. The van der Waals surface area contributed by atoms with Crippen molar-refractivity contribution in [3.8, 4) is 0 Å². The Morgan fingerprint density at radius 1 is 1.06 bits per heavy atom. The fourth-order valence-electron chi connectivity index (χ4n) is 3.53. The maximum atomic E-state index is 11.1. The highest BCUT2D eigenvalue weighted by Crippen LogP contribution is 2.47. The third-order valence-electron chi connectivity index (χ3n) is 4.96. The third-order valence-corrected chi connectivity index (χ3v) is 7.19. The van der Waals surface area contributed by atoms with E-state index in [0.29, 0.717) is 0 Å². The van der Waals surface area contributed by atoms with Gasteiger partial charge in [0.1, 0.15) is 11.2 Å². The minimum absolute atomic E-state index is 0. The molecule has 1 aliphatic rings. The van der Waals surface area contributed by atoms with E-state index in [0.717, 1.165) is 43.9 Å². The average Bonchev–Trinajstić information content (AvgIpc) is 3.29. The molecule has 2 heterocycles. The monoisotopic (exact) mass is 582 g/mol. The quantitative estimate of drug-likeness (QED) is 0.192. The van der Waals surface area contributed by atoms with Crippen molar-refractivity contribution in [1.82, 2.24) is 0 Å². The SMILES string of the molecule is CCN1C(=CC=Cc2sc3cc([N+](=O)[O-])ccc3[n+]2CC)Sc2cc([N+](=O)[O-])ccc21.[I-]. The zero-order valence-electron chi connectivity index (χ0n) is 17.2. The molecule has 166 valence electrons. The Bertz CT molecular complexity index is 1270. The Hall–Kier alpha value is -2.51. The number of rotatable bonds is 6. The first-order chi connectivity index (χ1) is 14.9. The summed E-state index contributed by atoms with van der Waals surface area (Å²) in [6.45, 7) is 5.58. The van der Waals surface area contributed by atoms with Crippen molar-refractivity contribution in [2.75, 3.05) is 11.4 Å². The second-order valence-corrected chi connectivity index (χ2v) is 8.84. The van der Waals surface area contributed by atoms with Crippen LogP contribution in [-0.4, -0.2) is 16.4 Å². The van der Waals surface area contributed by atoms with Crippen molar-refractivity contribution in [1.29, 1.82) is 0 Å². The fourth-order valence-corrected chi connectivity index (χ4v) is 5.87. The normalized spacial score (nSPS) is 14.2. The second-order valence-electron chi connectivity index (χ2n) is 6.71. The summed E-state index contributed by atoms with van der Waals surface area (Å²) in [5.41, 5.74) is 2.11. The third kappa shape index (κ3) is 4.50. The minimum Gasteiger partial charge on any atom is -1.00 e. The first kappa shape index (κ1) is 24.1. The first-order valence-electron chi connectivity index (χ1n) is 9.66. The first-order valence-corrected chi connectivity index (χ1v) is 11.3. The summed E-state index contributed by atoms with van der Waals surface area (Å²) < 4.78 is 2.99. The van der Waals surface area contributed by atoms with Gasteiger partial charge in [0.25, 0.3) is 16.4 Å². The van der Waals surface area contributed by atoms with Crippen LogP contribution in [0.4, 0.5) is 17.1 Å². The number of nitro benzene ring substituents is 2. The number of halogens is 1. The van der Waals surface area contributed by atoms with E-state index in [4.69, 9.17) is 0 Å². The van der Waals surface area contributed by atoms with Crippen LogP contribution in [0.25, 0.3) is 16.3 Å². The standard InChI is InChI=1S/C21H19N4O4S2.HI/c1-3-22-16-10-8-14(24(26)27)12-18(16)30-20(22)6-5-7-21-23(4-2)17-11-9-15(25(28)29)13-19(17)31-21;/h5-13H,3-4H2,1-2H3;1H/q+1;/p-1. The van der Waals surface area contributed by atoms with Crippen LogP contribution in [0.15, 0.2) is 58.5 Å². The molecule has 0 amide bonds. The van der Waals surface area contributed by atoms with Gasteiger partial charge >= 0.3 is 0 Å². The molecule has 0 fully saturated rings. The minimum atomic E-state index is -0.381. The number of hydrogen-bond donors (Lipinski definition) is 0. The van der Waals surface area contributed by atoms with Crippen LogP contribution < -0.4 is 33.4 Å². The van der Waals surface area contributed by atoms with Crippen molar-refractivity contribution in [2.45, 2.75) is 25.3 Å². The van der Waals surface area contributed by atoms with E-state index in [1.165, 1.54) is 35.2 Å². The summed E-state index contributed by atoms with van der Waals surface area (Å²) in [5.74, 6) is 0. The summed E-state index contributed by atoms with van der Waals surface area (Å²) in [6.07, 6.45) is 5.94. The van der Waals surface area contributed by atoms with Crippen LogP contribution >= 0.6 is 23.1 Å². The lowest BCUT2D eigenvalue weighted by Crippen LogP contribution is -3.00. The van der Waals surface area contributed by atoms with Gasteiger partial charge in [0.15, 0.2) is 0 Å². The predicted molar refractivity (Wildman–Crippen MR) is 123 cm³/mol. The van der Waals surface area contributed by atoms with Gasteiger partial charge in [-0.1, -0.05) is 29.2 Å². The van der Waals surface area contributed by atoms with Crippen molar-refractivity contribution in [2.24, 2.45) is 0 Å². The number of aromatic nitrogens is 1. The van der Waals surface area contributed by atoms with E-state index >= 15 is 0 Å².